The van der Waals surface area contributed by atoms with E-state index in [1.807, 2.05) is 0 Å². The first-order valence-electron chi connectivity index (χ1n) is 23.1. The molecule has 0 heterocycles. The SMILES string of the molecule is CC1C(C)(C)C2C=CC=CC2C1(C)C.CC1C(C)(C)C2CCCCC2C1(C)C.CC1C(C)(C)c2ccccc2C1(C)C.CC1C(C)(C)c2ccccc2C1(C)C. The average Bonchev–Trinajstić information content (AvgIpc) is 3.53. The van der Waals surface area contributed by atoms with Crippen molar-refractivity contribution < 1.29 is 0 Å². The zero-order valence-corrected chi connectivity index (χ0v) is 40.4. The molecule has 0 amide bonds. The molecule has 0 heteroatoms. The summed E-state index contributed by atoms with van der Waals surface area (Å²) in [5.74, 6) is 6.53. The molecule has 4 atom stereocenters. The van der Waals surface area contributed by atoms with Crippen molar-refractivity contribution in [3.8, 4) is 0 Å². The van der Waals surface area contributed by atoms with E-state index in [-0.39, 0.29) is 0 Å². The molecule has 312 valence electrons. The van der Waals surface area contributed by atoms with Crippen molar-refractivity contribution in [2.24, 2.45) is 69.0 Å². The van der Waals surface area contributed by atoms with E-state index < -0.39 is 0 Å². The largest absolute Gasteiger partial charge is 0.0803 e. The highest BCUT2D eigenvalue weighted by atomic mass is 14.6. The van der Waals surface area contributed by atoms with Gasteiger partial charge in [-0.2, -0.15) is 0 Å². The molecule has 6 aliphatic rings. The maximum Gasteiger partial charge on any atom is -0.00667 e. The molecule has 4 unspecified atom stereocenters. The van der Waals surface area contributed by atoms with E-state index in [0.717, 1.165) is 35.5 Å². The molecule has 0 N–H and O–H groups in total. The second-order valence-corrected chi connectivity index (χ2v) is 24.5. The summed E-state index contributed by atoms with van der Waals surface area (Å²) >= 11 is 0. The van der Waals surface area contributed by atoms with Gasteiger partial charge in [-0.3, -0.25) is 0 Å². The van der Waals surface area contributed by atoms with E-state index in [2.05, 4.69) is 211 Å². The molecular weight excluding hydrogens is 673 g/mol. The fourth-order valence-corrected chi connectivity index (χ4v) is 14.0. The summed E-state index contributed by atoms with van der Waals surface area (Å²) in [6, 6.07) is 17.8. The van der Waals surface area contributed by atoms with Gasteiger partial charge in [-0.1, -0.05) is 224 Å². The Morgan fingerprint density at radius 3 is 0.875 bits per heavy atom. The Morgan fingerprint density at radius 2 is 0.607 bits per heavy atom. The van der Waals surface area contributed by atoms with Crippen LogP contribution < -0.4 is 0 Å². The van der Waals surface area contributed by atoms with Crippen molar-refractivity contribution >= 4 is 0 Å². The third kappa shape index (κ3) is 7.08. The second-order valence-electron chi connectivity index (χ2n) is 24.5. The summed E-state index contributed by atoms with van der Waals surface area (Å²) in [5.41, 5.74) is 9.47. The fraction of sp³-hybridized carbons (Fsp3) is 0.714. The Morgan fingerprint density at radius 1 is 0.357 bits per heavy atom. The van der Waals surface area contributed by atoms with E-state index >= 15 is 0 Å². The molecule has 0 aromatic heterocycles. The number of hydrogen-bond donors (Lipinski definition) is 0. The van der Waals surface area contributed by atoms with Gasteiger partial charge in [-0.05, 0) is 126 Å². The lowest BCUT2D eigenvalue weighted by Gasteiger charge is -2.36. The van der Waals surface area contributed by atoms with Crippen LogP contribution in [-0.4, -0.2) is 0 Å². The van der Waals surface area contributed by atoms with Gasteiger partial charge in [0.25, 0.3) is 0 Å². The van der Waals surface area contributed by atoms with Crippen LogP contribution in [0.25, 0.3) is 0 Å². The van der Waals surface area contributed by atoms with Crippen molar-refractivity contribution in [2.75, 3.05) is 0 Å². The molecule has 0 spiro atoms. The van der Waals surface area contributed by atoms with Crippen molar-refractivity contribution in [3.05, 3.63) is 95.1 Å². The minimum absolute atomic E-state index is 0.320. The predicted molar refractivity (Wildman–Crippen MR) is 247 cm³/mol. The number of rotatable bonds is 0. The summed E-state index contributed by atoms with van der Waals surface area (Å²) in [6.07, 6.45) is 15.2. The molecule has 0 nitrogen and oxygen atoms in total. The van der Waals surface area contributed by atoms with Gasteiger partial charge >= 0.3 is 0 Å². The summed E-state index contributed by atoms with van der Waals surface area (Å²) in [5, 5.41) is 0. The second kappa shape index (κ2) is 14.9. The molecule has 3 saturated carbocycles. The van der Waals surface area contributed by atoms with Crippen LogP contribution in [0.3, 0.4) is 0 Å². The molecular formula is C56H88. The van der Waals surface area contributed by atoms with Crippen LogP contribution >= 0.6 is 0 Å². The Bertz CT molecular complexity index is 1550. The first-order valence-corrected chi connectivity index (χ1v) is 23.1. The topological polar surface area (TPSA) is 0 Å². The van der Waals surface area contributed by atoms with E-state index in [0.29, 0.717) is 55.2 Å². The standard InChI is InChI=1S/C14H26.C14H22.2C14H20/c4*1-10-13(2,3)11-8-6-7-9-12(11)14(10,4)5/h10-12H,6-9H2,1-5H3;6-12H,1-5H3;2*6-10H,1-5H3. The molecule has 6 aliphatic carbocycles. The Balaban J connectivity index is 0.000000143. The van der Waals surface area contributed by atoms with Gasteiger partial charge in [-0.15, -0.1) is 0 Å². The summed E-state index contributed by atoms with van der Waals surface area (Å²) in [4.78, 5) is 0. The molecule has 3 fully saturated rings. The van der Waals surface area contributed by atoms with Crippen molar-refractivity contribution in [3.63, 3.8) is 0 Å². The van der Waals surface area contributed by atoms with Crippen LogP contribution in [0.4, 0.5) is 0 Å². The normalized spacial score (nSPS) is 33.6. The summed E-state index contributed by atoms with van der Waals surface area (Å²) in [6.45, 7) is 48.3. The zero-order chi connectivity index (χ0) is 42.2. The number of fused-ring (bicyclic) bond motifs is 4. The summed E-state index contributed by atoms with van der Waals surface area (Å²) < 4.78 is 0. The number of benzene rings is 2. The smallest absolute Gasteiger partial charge is 0.00667 e. The highest BCUT2D eigenvalue weighted by Crippen LogP contribution is 2.65. The lowest BCUT2D eigenvalue weighted by atomic mass is 9.69. The predicted octanol–water partition coefficient (Wildman–Crippen LogP) is 16.3. The van der Waals surface area contributed by atoms with Crippen LogP contribution in [0.1, 0.15) is 186 Å². The number of hydrogen-bond acceptors (Lipinski definition) is 0. The Labute approximate surface area is 348 Å². The fourth-order valence-electron chi connectivity index (χ4n) is 14.0. The van der Waals surface area contributed by atoms with E-state index in [1.54, 1.807) is 0 Å². The molecule has 0 radical (unpaired) electrons. The quantitative estimate of drug-likeness (QED) is 0.251. The van der Waals surface area contributed by atoms with Crippen molar-refractivity contribution in [1.29, 1.82) is 0 Å². The van der Waals surface area contributed by atoms with E-state index in [1.165, 1.54) is 47.9 Å². The van der Waals surface area contributed by atoms with E-state index in [4.69, 9.17) is 0 Å². The maximum absolute atomic E-state index is 2.51. The van der Waals surface area contributed by atoms with Gasteiger partial charge in [-0.25, -0.2) is 0 Å². The Hall–Kier alpha value is -2.08. The third-order valence-corrected chi connectivity index (χ3v) is 20.0. The van der Waals surface area contributed by atoms with Crippen LogP contribution in [0.15, 0.2) is 72.8 Å². The first-order chi connectivity index (χ1) is 25.5. The van der Waals surface area contributed by atoms with Gasteiger partial charge in [0.2, 0.25) is 0 Å². The van der Waals surface area contributed by atoms with Gasteiger partial charge in [0.05, 0.1) is 0 Å². The highest BCUT2D eigenvalue weighted by molar-refractivity contribution is 5.46. The third-order valence-electron chi connectivity index (χ3n) is 20.0. The zero-order valence-electron chi connectivity index (χ0n) is 40.4. The van der Waals surface area contributed by atoms with Crippen LogP contribution in [0.2, 0.25) is 0 Å². The van der Waals surface area contributed by atoms with Crippen LogP contribution in [0.5, 0.6) is 0 Å². The molecule has 2 aromatic carbocycles. The molecule has 2 aromatic rings. The van der Waals surface area contributed by atoms with Crippen LogP contribution in [0, 0.1) is 69.0 Å². The van der Waals surface area contributed by atoms with Crippen molar-refractivity contribution in [1.82, 2.24) is 0 Å². The molecule has 0 bridgehead atoms. The Kier molecular flexibility index (Phi) is 12.0. The lowest BCUT2D eigenvalue weighted by molar-refractivity contribution is 0.136. The van der Waals surface area contributed by atoms with Gasteiger partial charge in [0.15, 0.2) is 0 Å². The van der Waals surface area contributed by atoms with Gasteiger partial charge < -0.3 is 0 Å². The highest BCUT2D eigenvalue weighted by Gasteiger charge is 2.58. The molecule has 8 rings (SSSR count). The number of allylic oxidation sites excluding steroid dienone is 4. The van der Waals surface area contributed by atoms with Crippen molar-refractivity contribution in [2.45, 2.75) is 186 Å². The van der Waals surface area contributed by atoms with Gasteiger partial charge in [0, 0.05) is 0 Å². The minimum Gasteiger partial charge on any atom is -0.0803 e. The average molecular weight is 761 g/mol. The monoisotopic (exact) mass is 761 g/mol. The van der Waals surface area contributed by atoms with E-state index in [9.17, 15) is 0 Å². The summed E-state index contributed by atoms with van der Waals surface area (Å²) in [7, 11) is 0. The molecule has 56 heavy (non-hydrogen) atoms. The molecule has 0 aliphatic heterocycles. The maximum atomic E-state index is 2.51. The van der Waals surface area contributed by atoms with Crippen LogP contribution in [-0.2, 0) is 21.7 Å². The minimum atomic E-state index is 0.320. The lowest BCUT2D eigenvalue weighted by Crippen LogP contribution is -2.30. The molecule has 0 saturated heterocycles. The van der Waals surface area contributed by atoms with Gasteiger partial charge in [0.1, 0.15) is 0 Å². The first kappa shape index (κ1) is 45.0.